The highest BCUT2D eigenvalue weighted by Gasteiger charge is 2.20. The van der Waals surface area contributed by atoms with Gasteiger partial charge in [-0.2, -0.15) is 5.10 Å². The molecule has 0 bridgehead atoms. The normalized spacial score (nSPS) is 14.2. The first kappa shape index (κ1) is 14.0. The summed E-state index contributed by atoms with van der Waals surface area (Å²) in [6.45, 7) is 3.77. The molecular weight excluding hydrogens is 260 g/mol. The van der Waals surface area contributed by atoms with E-state index < -0.39 is 0 Å². The van der Waals surface area contributed by atoms with Crippen molar-refractivity contribution < 1.29 is 0 Å². The third-order valence-electron chi connectivity index (χ3n) is 3.79. The second-order valence-electron chi connectivity index (χ2n) is 5.88. The molecule has 0 spiro atoms. The molecule has 1 aromatic carbocycles. The molecule has 4 heteroatoms. The molecule has 0 atom stereocenters. The molecule has 0 radical (unpaired) electrons. The summed E-state index contributed by atoms with van der Waals surface area (Å²) in [6, 6.07) is 13.4. The molecule has 3 rings (SSSR count). The molecule has 1 aliphatic rings. The summed E-state index contributed by atoms with van der Waals surface area (Å²) in [5.74, 6) is 0.908. The quantitative estimate of drug-likeness (QED) is 0.884. The summed E-state index contributed by atoms with van der Waals surface area (Å²) in [5.41, 5.74) is 3.58. The van der Waals surface area contributed by atoms with Gasteiger partial charge in [-0.25, -0.2) is 0 Å². The number of benzene rings is 1. The Morgan fingerprint density at radius 3 is 2.48 bits per heavy atom. The molecule has 0 saturated heterocycles. The van der Waals surface area contributed by atoms with Crippen LogP contribution in [0.5, 0.6) is 0 Å². The number of aromatic nitrogens is 2. The van der Waals surface area contributed by atoms with E-state index in [4.69, 9.17) is 0 Å². The van der Waals surface area contributed by atoms with Gasteiger partial charge in [0.1, 0.15) is 0 Å². The predicted octanol–water partition coefficient (Wildman–Crippen LogP) is 2.67. The van der Waals surface area contributed by atoms with Crippen molar-refractivity contribution in [1.29, 1.82) is 0 Å². The number of aryl methyl sites for hydroxylation is 1. The number of hydrogen-bond acceptors (Lipinski definition) is 4. The second kappa shape index (κ2) is 6.22. The van der Waals surface area contributed by atoms with Crippen LogP contribution < -0.4 is 10.2 Å². The maximum atomic E-state index is 4.33. The van der Waals surface area contributed by atoms with Crippen molar-refractivity contribution in [2.45, 2.75) is 38.9 Å². The average Bonchev–Trinajstić information content (AvgIpc) is 3.32. The van der Waals surface area contributed by atoms with E-state index in [-0.39, 0.29) is 0 Å². The van der Waals surface area contributed by atoms with Crippen molar-refractivity contribution in [3.8, 4) is 0 Å². The van der Waals surface area contributed by atoms with Gasteiger partial charge in [0.15, 0.2) is 5.82 Å². The fraction of sp³-hybridized carbons (Fsp3) is 0.412. The molecule has 4 nitrogen and oxygen atoms in total. The topological polar surface area (TPSA) is 41.0 Å². The molecule has 2 aromatic rings. The summed E-state index contributed by atoms with van der Waals surface area (Å²) < 4.78 is 0. The summed E-state index contributed by atoms with van der Waals surface area (Å²) in [5, 5.41) is 12.1. The molecule has 110 valence electrons. The van der Waals surface area contributed by atoms with E-state index in [1.54, 1.807) is 0 Å². The van der Waals surface area contributed by atoms with Gasteiger partial charge in [-0.1, -0.05) is 29.8 Å². The van der Waals surface area contributed by atoms with Crippen LogP contribution >= 0.6 is 0 Å². The standard InChI is InChI=1S/C17H22N4/c1-13-3-5-14(6-4-13)12-21(2)17-10-9-16(19-20-17)11-18-15-7-8-15/h3-6,9-10,15,18H,7-8,11-12H2,1-2H3. The minimum absolute atomic E-state index is 0.704. The largest absolute Gasteiger partial charge is 0.354 e. The van der Waals surface area contributed by atoms with E-state index in [2.05, 4.69) is 57.7 Å². The molecule has 1 fully saturated rings. The van der Waals surface area contributed by atoms with E-state index in [0.717, 1.165) is 24.6 Å². The van der Waals surface area contributed by atoms with Crippen LogP contribution in [0.1, 0.15) is 29.7 Å². The monoisotopic (exact) mass is 282 g/mol. The van der Waals surface area contributed by atoms with Crippen molar-refractivity contribution in [1.82, 2.24) is 15.5 Å². The van der Waals surface area contributed by atoms with E-state index in [9.17, 15) is 0 Å². The molecule has 1 saturated carbocycles. The summed E-state index contributed by atoms with van der Waals surface area (Å²) in [6.07, 6.45) is 2.59. The van der Waals surface area contributed by atoms with Crippen molar-refractivity contribution in [3.05, 3.63) is 53.2 Å². The molecule has 0 amide bonds. The maximum absolute atomic E-state index is 4.33. The molecular formula is C17H22N4. The lowest BCUT2D eigenvalue weighted by atomic mass is 10.1. The molecule has 1 N–H and O–H groups in total. The molecule has 0 aliphatic heterocycles. The van der Waals surface area contributed by atoms with Gasteiger partial charge in [-0.15, -0.1) is 5.10 Å². The van der Waals surface area contributed by atoms with Crippen LogP contribution in [-0.4, -0.2) is 23.3 Å². The Kier molecular flexibility index (Phi) is 4.15. The maximum Gasteiger partial charge on any atom is 0.151 e. The average molecular weight is 282 g/mol. The number of nitrogens with zero attached hydrogens (tertiary/aromatic N) is 3. The van der Waals surface area contributed by atoms with Crippen LogP contribution in [0.25, 0.3) is 0 Å². The minimum atomic E-state index is 0.704. The second-order valence-corrected chi connectivity index (χ2v) is 5.88. The van der Waals surface area contributed by atoms with Gasteiger partial charge in [0.05, 0.1) is 5.69 Å². The van der Waals surface area contributed by atoms with Crippen LogP contribution in [0.2, 0.25) is 0 Å². The summed E-state index contributed by atoms with van der Waals surface area (Å²) in [7, 11) is 2.05. The molecule has 1 aromatic heterocycles. The van der Waals surface area contributed by atoms with Crippen LogP contribution in [0, 0.1) is 6.92 Å². The van der Waals surface area contributed by atoms with Crippen molar-refractivity contribution in [3.63, 3.8) is 0 Å². The molecule has 1 aliphatic carbocycles. The predicted molar refractivity (Wildman–Crippen MR) is 85.2 cm³/mol. The van der Waals surface area contributed by atoms with E-state index in [1.165, 1.54) is 24.0 Å². The van der Waals surface area contributed by atoms with Crippen LogP contribution in [0.4, 0.5) is 5.82 Å². The van der Waals surface area contributed by atoms with Gasteiger partial charge in [0, 0.05) is 26.2 Å². The zero-order chi connectivity index (χ0) is 14.7. The Balaban J connectivity index is 1.58. The SMILES string of the molecule is Cc1ccc(CN(C)c2ccc(CNC3CC3)nn2)cc1. The van der Waals surface area contributed by atoms with E-state index in [0.29, 0.717) is 6.04 Å². The highest BCUT2D eigenvalue weighted by atomic mass is 15.2. The minimum Gasteiger partial charge on any atom is -0.354 e. The molecule has 1 heterocycles. The van der Waals surface area contributed by atoms with E-state index >= 15 is 0 Å². The fourth-order valence-corrected chi connectivity index (χ4v) is 2.24. The smallest absolute Gasteiger partial charge is 0.151 e. The van der Waals surface area contributed by atoms with Gasteiger partial charge in [0.25, 0.3) is 0 Å². The summed E-state index contributed by atoms with van der Waals surface area (Å²) >= 11 is 0. The first-order chi connectivity index (χ1) is 10.2. The Bertz CT molecular complexity index is 573. The molecule has 21 heavy (non-hydrogen) atoms. The highest BCUT2D eigenvalue weighted by Crippen LogP contribution is 2.19. The first-order valence-electron chi connectivity index (χ1n) is 7.53. The van der Waals surface area contributed by atoms with Gasteiger partial charge in [0.2, 0.25) is 0 Å². The Hall–Kier alpha value is -1.94. The van der Waals surface area contributed by atoms with Crippen molar-refractivity contribution in [2.75, 3.05) is 11.9 Å². The third-order valence-corrected chi connectivity index (χ3v) is 3.79. The lowest BCUT2D eigenvalue weighted by molar-refractivity contribution is 0.664. The van der Waals surface area contributed by atoms with Crippen LogP contribution in [0.3, 0.4) is 0 Å². The first-order valence-corrected chi connectivity index (χ1v) is 7.53. The van der Waals surface area contributed by atoms with Gasteiger partial charge >= 0.3 is 0 Å². The number of nitrogens with one attached hydrogen (secondary N) is 1. The van der Waals surface area contributed by atoms with Gasteiger partial charge < -0.3 is 10.2 Å². The zero-order valence-corrected chi connectivity index (χ0v) is 12.7. The number of anilines is 1. The van der Waals surface area contributed by atoms with Crippen LogP contribution in [0.15, 0.2) is 36.4 Å². The van der Waals surface area contributed by atoms with Gasteiger partial charge in [-0.05, 0) is 37.5 Å². The zero-order valence-electron chi connectivity index (χ0n) is 12.7. The fourth-order valence-electron chi connectivity index (χ4n) is 2.24. The van der Waals surface area contributed by atoms with Crippen molar-refractivity contribution in [2.24, 2.45) is 0 Å². The third kappa shape index (κ3) is 4.02. The number of hydrogen-bond donors (Lipinski definition) is 1. The number of rotatable bonds is 6. The van der Waals surface area contributed by atoms with Crippen molar-refractivity contribution >= 4 is 5.82 Å². The lowest BCUT2D eigenvalue weighted by Crippen LogP contribution is -2.20. The summed E-state index contributed by atoms with van der Waals surface area (Å²) in [4.78, 5) is 2.12. The molecule has 0 unspecified atom stereocenters. The highest BCUT2D eigenvalue weighted by molar-refractivity contribution is 5.38. The Morgan fingerprint density at radius 1 is 1.10 bits per heavy atom. The Labute approximate surface area is 126 Å². The van der Waals surface area contributed by atoms with Gasteiger partial charge in [-0.3, -0.25) is 0 Å². The Morgan fingerprint density at radius 2 is 1.86 bits per heavy atom. The lowest BCUT2D eigenvalue weighted by Gasteiger charge is -2.18. The van der Waals surface area contributed by atoms with Crippen LogP contribution in [-0.2, 0) is 13.1 Å². The van der Waals surface area contributed by atoms with E-state index in [1.807, 2.05) is 13.1 Å².